The van der Waals surface area contributed by atoms with Gasteiger partial charge in [-0.15, -0.1) is 0 Å². The molecule has 0 saturated carbocycles. The van der Waals surface area contributed by atoms with E-state index in [-0.39, 0.29) is 0 Å². The van der Waals surface area contributed by atoms with Crippen molar-refractivity contribution in [2.24, 2.45) is 11.8 Å². The SMILES string of the molecule is CC1CN(CC(O)COc2ccc(N)cc2)CC1C. The smallest absolute Gasteiger partial charge is 0.119 e. The minimum absolute atomic E-state index is 0.323. The van der Waals surface area contributed by atoms with Crippen LogP contribution >= 0.6 is 0 Å². The van der Waals surface area contributed by atoms with E-state index in [2.05, 4.69) is 18.7 Å². The quantitative estimate of drug-likeness (QED) is 0.793. The molecule has 106 valence electrons. The molecule has 19 heavy (non-hydrogen) atoms. The second-order valence-electron chi connectivity index (χ2n) is 5.71. The Kier molecular flexibility index (Phi) is 4.66. The number of β-amino-alcohol motifs (C(OH)–C–C–N with tert-alkyl or cyclic N) is 1. The van der Waals surface area contributed by atoms with E-state index >= 15 is 0 Å². The van der Waals surface area contributed by atoms with Gasteiger partial charge in [0.15, 0.2) is 0 Å². The molecule has 0 amide bonds. The Balaban J connectivity index is 1.73. The summed E-state index contributed by atoms with van der Waals surface area (Å²) in [5.41, 5.74) is 6.32. The van der Waals surface area contributed by atoms with E-state index in [9.17, 15) is 5.11 Å². The van der Waals surface area contributed by atoms with E-state index in [0.29, 0.717) is 30.7 Å². The summed E-state index contributed by atoms with van der Waals surface area (Å²) >= 11 is 0. The average Bonchev–Trinajstić information content (AvgIpc) is 2.67. The second-order valence-corrected chi connectivity index (χ2v) is 5.71. The molecular formula is C15H24N2O2. The van der Waals surface area contributed by atoms with Crippen molar-refractivity contribution in [3.8, 4) is 5.75 Å². The number of benzene rings is 1. The van der Waals surface area contributed by atoms with Crippen molar-refractivity contribution in [3.05, 3.63) is 24.3 Å². The van der Waals surface area contributed by atoms with Crippen LogP contribution in [0.5, 0.6) is 5.75 Å². The van der Waals surface area contributed by atoms with Crippen LogP contribution in [0.2, 0.25) is 0 Å². The van der Waals surface area contributed by atoms with Gasteiger partial charge in [0.1, 0.15) is 18.5 Å². The number of aliphatic hydroxyl groups is 1. The molecule has 0 radical (unpaired) electrons. The molecule has 4 heteroatoms. The summed E-state index contributed by atoms with van der Waals surface area (Å²) in [5.74, 6) is 2.17. The lowest BCUT2D eigenvalue weighted by molar-refractivity contribution is 0.0743. The summed E-state index contributed by atoms with van der Waals surface area (Å²) in [7, 11) is 0. The summed E-state index contributed by atoms with van der Waals surface area (Å²) in [6.45, 7) is 7.68. The molecule has 1 aromatic carbocycles. The second kappa shape index (κ2) is 6.26. The van der Waals surface area contributed by atoms with Crippen LogP contribution < -0.4 is 10.5 Å². The predicted octanol–water partition coefficient (Wildman–Crippen LogP) is 1.60. The first-order chi connectivity index (χ1) is 9.04. The molecule has 1 aromatic rings. The molecule has 1 saturated heterocycles. The number of anilines is 1. The topological polar surface area (TPSA) is 58.7 Å². The Hall–Kier alpha value is -1.26. The summed E-state index contributed by atoms with van der Waals surface area (Å²) in [5, 5.41) is 10.0. The van der Waals surface area contributed by atoms with Crippen molar-refractivity contribution in [1.82, 2.24) is 4.90 Å². The number of ether oxygens (including phenoxy) is 1. The van der Waals surface area contributed by atoms with Crippen LogP contribution in [0.1, 0.15) is 13.8 Å². The van der Waals surface area contributed by atoms with E-state index in [4.69, 9.17) is 10.5 Å². The Morgan fingerprint density at radius 3 is 2.42 bits per heavy atom. The van der Waals surface area contributed by atoms with E-state index in [1.165, 1.54) is 0 Å². The Morgan fingerprint density at radius 2 is 1.84 bits per heavy atom. The van der Waals surface area contributed by atoms with Crippen molar-refractivity contribution in [1.29, 1.82) is 0 Å². The van der Waals surface area contributed by atoms with Gasteiger partial charge in [0.25, 0.3) is 0 Å². The van der Waals surface area contributed by atoms with Crippen LogP contribution in [0, 0.1) is 11.8 Å². The standard InChI is InChI=1S/C15H24N2O2/c1-11-7-17(8-12(11)2)9-14(18)10-19-15-5-3-13(16)4-6-15/h3-6,11-12,14,18H,7-10,16H2,1-2H3. The van der Waals surface area contributed by atoms with Crippen LogP contribution in [0.4, 0.5) is 5.69 Å². The number of rotatable bonds is 5. The minimum atomic E-state index is -0.449. The highest BCUT2D eigenvalue weighted by Crippen LogP contribution is 2.22. The zero-order valence-electron chi connectivity index (χ0n) is 11.7. The normalized spacial score (nSPS) is 25.4. The molecule has 0 aliphatic carbocycles. The van der Waals surface area contributed by atoms with Gasteiger partial charge in [-0.1, -0.05) is 13.8 Å². The number of nitrogens with two attached hydrogens (primary N) is 1. The maximum atomic E-state index is 10.0. The minimum Gasteiger partial charge on any atom is -0.491 e. The first kappa shape index (κ1) is 14.2. The van der Waals surface area contributed by atoms with E-state index in [0.717, 1.165) is 18.8 Å². The Labute approximate surface area is 115 Å². The van der Waals surface area contributed by atoms with Gasteiger partial charge in [0.2, 0.25) is 0 Å². The zero-order valence-corrected chi connectivity index (χ0v) is 11.7. The summed E-state index contributed by atoms with van der Waals surface area (Å²) in [4.78, 5) is 2.31. The third-order valence-corrected chi connectivity index (χ3v) is 3.86. The van der Waals surface area contributed by atoms with Gasteiger partial charge < -0.3 is 20.5 Å². The van der Waals surface area contributed by atoms with E-state index in [1.807, 2.05) is 12.1 Å². The first-order valence-electron chi connectivity index (χ1n) is 6.93. The Bertz CT molecular complexity index is 384. The van der Waals surface area contributed by atoms with Crippen molar-refractivity contribution in [2.75, 3.05) is 32.0 Å². The van der Waals surface area contributed by atoms with Crippen molar-refractivity contribution in [2.45, 2.75) is 20.0 Å². The first-order valence-corrected chi connectivity index (χ1v) is 6.93. The maximum absolute atomic E-state index is 10.0. The van der Waals surface area contributed by atoms with Gasteiger partial charge in [-0.3, -0.25) is 0 Å². The van der Waals surface area contributed by atoms with Gasteiger partial charge in [0.05, 0.1) is 0 Å². The largest absolute Gasteiger partial charge is 0.491 e. The van der Waals surface area contributed by atoms with Crippen molar-refractivity contribution in [3.63, 3.8) is 0 Å². The molecule has 0 aromatic heterocycles. The van der Waals surface area contributed by atoms with Crippen LogP contribution in [0.15, 0.2) is 24.3 Å². The van der Waals surface area contributed by atoms with E-state index < -0.39 is 6.10 Å². The number of nitrogen functional groups attached to an aromatic ring is 1. The fraction of sp³-hybridized carbons (Fsp3) is 0.600. The van der Waals surface area contributed by atoms with Crippen LogP contribution in [0.25, 0.3) is 0 Å². The lowest BCUT2D eigenvalue weighted by atomic mass is 10.0. The summed E-state index contributed by atoms with van der Waals surface area (Å²) in [6.07, 6.45) is -0.449. The van der Waals surface area contributed by atoms with Crippen LogP contribution in [-0.4, -0.2) is 42.4 Å². The van der Waals surface area contributed by atoms with Gasteiger partial charge in [-0.25, -0.2) is 0 Å². The monoisotopic (exact) mass is 264 g/mol. The Morgan fingerprint density at radius 1 is 1.26 bits per heavy atom. The molecule has 3 unspecified atom stereocenters. The lowest BCUT2D eigenvalue weighted by Crippen LogP contribution is -2.34. The van der Waals surface area contributed by atoms with Crippen molar-refractivity contribution >= 4 is 5.69 Å². The molecule has 1 aliphatic heterocycles. The third-order valence-electron chi connectivity index (χ3n) is 3.86. The zero-order chi connectivity index (χ0) is 13.8. The molecule has 4 nitrogen and oxygen atoms in total. The van der Waals surface area contributed by atoms with Crippen LogP contribution in [0.3, 0.4) is 0 Å². The summed E-state index contributed by atoms with van der Waals surface area (Å²) < 4.78 is 5.55. The lowest BCUT2D eigenvalue weighted by Gasteiger charge is -2.20. The highest BCUT2D eigenvalue weighted by atomic mass is 16.5. The number of aliphatic hydroxyl groups excluding tert-OH is 1. The van der Waals surface area contributed by atoms with E-state index in [1.54, 1.807) is 12.1 Å². The van der Waals surface area contributed by atoms with Gasteiger partial charge in [-0.05, 0) is 36.1 Å². The number of hydrogen-bond donors (Lipinski definition) is 2. The average molecular weight is 264 g/mol. The highest BCUT2D eigenvalue weighted by molar-refractivity contribution is 5.41. The van der Waals surface area contributed by atoms with Crippen LogP contribution in [-0.2, 0) is 0 Å². The van der Waals surface area contributed by atoms with Crippen molar-refractivity contribution < 1.29 is 9.84 Å². The number of nitrogens with zero attached hydrogens (tertiary/aromatic N) is 1. The predicted molar refractivity (Wildman–Crippen MR) is 77.1 cm³/mol. The fourth-order valence-electron chi connectivity index (χ4n) is 2.51. The van der Waals surface area contributed by atoms with Gasteiger partial charge >= 0.3 is 0 Å². The number of hydrogen-bond acceptors (Lipinski definition) is 4. The number of likely N-dealkylation sites (tertiary alicyclic amines) is 1. The molecule has 1 aliphatic rings. The highest BCUT2D eigenvalue weighted by Gasteiger charge is 2.27. The molecule has 2 rings (SSSR count). The summed E-state index contributed by atoms with van der Waals surface area (Å²) in [6, 6.07) is 7.24. The van der Waals surface area contributed by atoms with Gasteiger partial charge in [-0.2, -0.15) is 0 Å². The molecule has 1 heterocycles. The maximum Gasteiger partial charge on any atom is 0.119 e. The fourth-order valence-corrected chi connectivity index (χ4v) is 2.51. The molecule has 3 atom stereocenters. The third kappa shape index (κ3) is 4.11. The molecule has 0 bridgehead atoms. The molecular weight excluding hydrogens is 240 g/mol. The molecule has 0 spiro atoms. The van der Waals surface area contributed by atoms with Gasteiger partial charge in [0, 0.05) is 25.3 Å². The molecule has 1 fully saturated rings. The molecule has 3 N–H and O–H groups in total.